The number of hydrogen-bond donors (Lipinski definition) is 5. The molecule has 21 heavy (non-hydrogen) atoms. The first-order chi connectivity index (χ1) is 9.56. The van der Waals surface area contributed by atoms with Crippen LogP contribution in [0.4, 0.5) is 0 Å². The van der Waals surface area contributed by atoms with Gasteiger partial charge in [0, 0.05) is 0 Å². The molecular formula is C12H22N4O5. The molecular weight excluding hydrogens is 280 g/mol. The van der Waals surface area contributed by atoms with Gasteiger partial charge in [0.1, 0.15) is 12.1 Å². The fourth-order valence-corrected chi connectivity index (χ4v) is 1.38. The highest BCUT2D eigenvalue weighted by Crippen LogP contribution is 1.99. The maximum absolute atomic E-state index is 11.8. The van der Waals surface area contributed by atoms with Crippen molar-refractivity contribution in [2.75, 3.05) is 0 Å². The molecule has 0 aromatic rings. The summed E-state index contributed by atoms with van der Waals surface area (Å²) in [4.78, 5) is 45.1. The van der Waals surface area contributed by atoms with Gasteiger partial charge in [0.2, 0.25) is 17.7 Å². The Balaban J connectivity index is 4.59. The molecule has 0 spiro atoms. The van der Waals surface area contributed by atoms with Crippen LogP contribution in [0.3, 0.4) is 0 Å². The van der Waals surface area contributed by atoms with Crippen molar-refractivity contribution < 1.29 is 24.3 Å². The van der Waals surface area contributed by atoms with Crippen molar-refractivity contribution in [2.45, 2.75) is 45.3 Å². The highest BCUT2D eigenvalue weighted by atomic mass is 16.4. The van der Waals surface area contributed by atoms with Crippen molar-refractivity contribution in [1.29, 1.82) is 0 Å². The third-order valence-electron chi connectivity index (χ3n) is 2.79. The Hall–Kier alpha value is -2.16. The average molecular weight is 302 g/mol. The largest absolute Gasteiger partial charge is 0.480 e. The predicted molar refractivity (Wildman–Crippen MR) is 73.8 cm³/mol. The monoisotopic (exact) mass is 302 g/mol. The first-order valence-electron chi connectivity index (χ1n) is 6.43. The second-order valence-electron chi connectivity index (χ2n) is 5.07. The Bertz CT molecular complexity index is 424. The SMILES string of the molecule is CC(C)[C@H](N)C(=O)N[C@@H](C)C(=O)N[C@@H](CC(N)=O)C(=O)O. The van der Waals surface area contributed by atoms with Crippen LogP contribution in [-0.4, -0.2) is 46.9 Å². The molecule has 9 heteroatoms. The maximum atomic E-state index is 11.8. The maximum Gasteiger partial charge on any atom is 0.326 e. The van der Waals surface area contributed by atoms with Crippen molar-refractivity contribution in [1.82, 2.24) is 10.6 Å². The van der Waals surface area contributed by atoms with E-state index in [4.69, 9.17) is 16.6 Å². The lowest BCUT2D eigenvalue weighted by molar-refractivity contribution is -0.143. The van der Waals surface area contributed by atoms with Gasteiger partial charge in [-0.15, -0.1) is 0 Å². The minimum absolute atomic E-state index is 0.109. The summed E-state index contributed by atoms with van der Waals surface area (Å²) >= 11 is 0. The normalized spacial score (nSPS) is 14.9. The Morgan fingerprint density at radius 1 is 1.05 bits per heavy atom. The second-order valence-corrected chi connectivity index (χ2v) is 5.07. The molecule has 0 bridgehead atoms. The Morgan fingerprint density at radius 2 is 1.57 bits per heavy atom. The number of carboxylic acids is 1. The highest BCUT2D eigenvalue weighted by Gasteiger charge is 2.26. The molecule has 0 aliphatic rings. The summed E-state index contributed by atoms with van der Waals surface area (Å²) in [6.45, 7) is 4.88. The Morgan fingerprint density at radius 3 is 1.95 bits per heavy atom. The van der Waals surface area contributed by atoms with Crippen LogP contribution in [0.25, 0.3) is 0 Å². The first-order valence-corrected chi connectivity index (χ1v) is 6.43. The van der Waals surface area contributed by atoms with Crippen LogP contribution in [0.5, 0.6) is 0 Å². The van der Waals surface area contributed by atoms with Gasteiger partial charge in [-0.2, -0.15) is 0 Å². The van der Waals surface area contributed by atoms with E-state index in [2.05, 4.69) is 10.6 Å². The number of carbonyl (C=O) groups is 4. The molecule has 0 unspecified atom stereocenters. The summed E-state index contributed by atoms with van der Waals surface area (Å²) in [6.07, 6.45) is -0.534. The molecule has 0 rings (SSSR count). The molecule has 0 aliphatic heterocycles. The summed E-state index contributed by atoms with van der Waals surface area (Å²) in [7, 11) is 0. The van der Waals surface area contributed by atoms with Crippen LogP contribution in [0.15, 0.2) is 0 Å². The number of nitrogens with one attached hydrogen (secondary N) is 2. The van der Waals surface area contributed by atoms with E-state index in [1.54, 1.807) is 13.8 Å². The van der Waals surface area contributed by atoms with Crippen LogP contribution in [0, 0.1) is 5.92 Å². The molecule has 0 radical (unpaired) electrons. The number of primary amides is 1. The van der Waals surface area contributed by atoms with Gasteiger partial charge in [-0.3, -0.25) is 14.4 Å². The lowest BCUT2D eigenvalue weighted by Crippen LogP contribution is -2.54. The van der Waals surface area contributed by atoms with Gasteiger partial charge in [0.25, 0.3) is 0 Å². The predicted octanol–water partition coefficient (Wildman–Crippen LogP) is -2.08. The standard InChI is InChI=1S/C12H22N4O5/c1-5(2)9(14)11(19)15-6(3)10(18)16-7(12(20)21)4-8(13)17/h5-7,9H,4,14H2,1-3H3,(H2,13,17)(H,15,19)(H,16,18)(H,20,21)/t6-,7-,9-/m0/s1. The smallest absolute Gasteiger partial charge is 0.326 e. The van der Waals surface area contributed by atoms with Crippen LogP contribution < -0.4 is 22.1 Å². The lowest BCUT2D eigenvalue weighted by Gasteiger charge is -2.21. The van der Waals surface area contributed by atoms with Crippen molar-refractivity contribution in [3.8, 4) is 0 Å². The van der Waals surface area contributed by atoms with Gasteiger partial charge in [0.05, 0.1) is 12.5 Å². The Kier molecular flexibility index (Phi) is 7.36. The van der Waals surface area contributed by atoms with Crippen LogP contribution >= 0.6 is 0 Å². The summed E-state index contributed by atoms with van der Waals surface area (Å²) in [5.74, 6) is -3.62. The zero-order chi connectivity index (χ0) is 16.7. The van der Waals surface area contributed by atoms with Gasteiger partial charge in [-0.05, 0) is 12.8 Å². The molecule has 3 amide bonds. The summed E-state index contributed by atoms with van der Waals surface area (Å²) in [5, 5.41) is 13.4. The quantitative estimate of drug-likeness (QED) is 0.345. The van der Waals surface area contributed by atoms with E-state index in [0.29, 0.717) is 0 Å². The van der Waals surface area contributed by atoms with Gasteiger partial charge in [0.15, 0.2) is 0 Å². The first kappa shape index (κ1) is 18.8. The number of rotatable bonds is 8. The molecule has 3 atom stereocenters. The minimum atomic E-state index is -1.44. The second kappa shape index (κ2) is 8.20. The van der Waals surface area contributed by atoms with Crippen LogP contribution in [0.1, 0.15) is 27.2 Å². The number of carboxylic acid groups (broad SMARTS) is 1. The van der Waals surface area contributed by atoms with Gasteiger partial charge in [-0.1, -0.05) is 13.8 Å². The summed E-state index contributed by atoms with van der Waals surface area (Å²) < 4.78 is 0. The Labute approximate surface area is 122 Å². The fraction of sp³-hybridized carbons (Fsp3) is 0.667. The molecule has 0 heterocycles. The van der Waals surface area contributed by atoms with Crippen molar-refractivity contribution in [2.24, 2.45) is 17.4 Å². The highest BCUT2D eigenvalue weighted by molar-refractivity contribution is 5.92. The molecule has 7 N–H and O–H groups in total. The van der Waals surface area contributed by atoms with Gasteiger partial charge >= 0.3 is 5.97 Å². The molecule has 0 fully saturated rings. The zero-order valence-corrected chi connectivity index (χ0v) is 12.3. The van der Waals surface area contributed by atoms with E-state index in [0.717, 1.165) is 0 Å². The average Bonchev–Trinajstić information content (AvgIpc) is 2.35. The molecule has 0 aromatic carbocycles. The molecule has 0 aromatic heterocycles. The lowest BCUT2D eigenvalue weighted by atomic mass is 10.0. The van der Waals surface area contributed by atoms with E-state index >= 15 is 0 Å². The van der Waals surface area contributed by atoms with Gasteiger partial charge < -0.3 is 27.2 Å². The minimum Gasteiger partial charge on any atom is -0.480 e. The number of hydrogen-bond acceptors (Lipinski definition) is 5. The third-order valence-corrected chi connectivity index (χ3v) is 2.79. The molecule has 0 saturated heterocycles. The van der Waals surface area contributed by atoms with E-state index in [1.807, 2.05) is 0 Å². The molecule has 0 saturated carbocycles. The van der Waals surface area contributed by atoms with E-state index < -0.39 is 48.2 Å². The molecule has 9 nitrogen and oxygen atoms in total. The van der Waals surface area contributed by atoms with Crippen molar-refractivity contribution >= 4 is 23.7 Å². The van der Waals surface area contributed by atoms with Crippen molar-refractivity contribution in [3.63, 3.8) is 0 Å². The third kappa shape index (κ3) is 6.70. The number of nitrogens with two attached hydrogens (primary N) is 2. The van der Waals surface area contributed by atoms with Crippen LogP contribution in [-0.2, 0) is 19.2 Å². The van der Waals surface area contributed by atoms with E-state index in [1.165, 1.54) is 6.92 Å². The van der Waals surface area contributed by atoms with E-state index in [-0.39, 0.29) is 5.92 Å². The fourth-order valence-electron chi connectivity index (χ4n) is 1.38. The summed E-state index contributed by atoms with van der Waals surface area (Å²) in [6, 6.07) is -3.20. The van der Waals surface area contributed by atoms with Crippen LogP contribution in [0.2, 0.25) is 0 Å². The number of amides is 3. The number of carbonyl (C=O) groups excluding carboxylic acids is 3. The zero-order valence-electron chi connectivity index (χ0n) is 12.3. The summed E-state index contributed by atoms with van der Waals surface area (Å²) in [5.41, 5.74) is 10.5. The topological polar surface area (TPSA) is 165 Å². The molecule has 0 aliphatic carbocycles. The number of aliphatic carboxylic acids is 1. The molecule has 120 valence electrons. The van der Waals surface area contributed by atoms with E-state index in [9.17, 15) is 19.2 Å². The van der Waals surface area contributed by atoms with Gasteiger partial charge in [-0.25, -0.2) is 4.79 Å². The van der Waals surface area contributed by atoms with Crippen molar-refractivity contribution in [3.05, 3.63) is 0 Å².